The van der Waals surface area contributed by atoms with E-state index in [0.29, 0.717) is 5.75 Å². The maximum atomic E-state index is 12.6. The highest BCUT2D eigenvalue weighted by atomic mass is 32.1. The number of methoxy groups -OCH3 is 1. The summed E-state index contributed by atoms with van der Waals surface area (Å²) in [5.74, 6) is 1.57. The van der Waals surface area contributed by atoms with Crippen LogP contribution in [0.1, 0.15) is 27.9 Å². The van der Waals surface area contributed by atoms with Crippen LogP contribution in [0, 0.1) is 0 Å². The molecule has 0 heterocycles. The zero-order valence-corrected chi connectivity index (χ0v) is 13.6. The fourth-order valence-electron chi connectivity index (χ4n) is 2.72. The van der Waals surface area contributed by atoms with Crippen LogP contribution in [0.15, 0.2) is 48.0 Å². The molecule has 1 aliphatic carbocycles. The summed E-state index contributed by atoms with van der Waals surface area (Å²) < 4.78 is 10.4. The number of hydrogen-bond acceptors (Lipinski definition) is 4. The van der Waals surface area contributed by atoms with Crippen LogP contribution in [0.2, 0.25) is 0 Å². The number of allylic oxidation sites excluding steroid dienone is 1. The van der Waals surface area contributed by atoms with Gasteiger partial charge in [0.2, 0.25) is 0 Å². The van der Waals surface area contributed by atoms with Crippen molar-refractivity contribution in [2.45, 2.75) is 12.8 Å². The van der Waals surface area contributed by atoms with Crippen LogP contribution in [0.5, 0.6) is 11.5 Å². The van der Waals surface area contributed by atoms with Crippen LogP contribution >= 0.6 is 12.2 Å². The summed E-state index contributed by atoms with van der Waals surface area (Å²) in [7, 11) is 1.63. The lowest BCUT2D eigenvalue weighted by atomic mass is 9.86. The SMILES string of the molecule is COc1ccc2c(c1)CCC(=Cc1ccc(OC=S)cc1)C2=O. The molecule has 0 unspecified atom stereocenters. The van der Waals surface area contributed by atoms with E-state index >= 15 is 0 Å². The van der Waals surface area contributed by atoms with Crippen LogP contribution in [0.3, 0.4) is 0 Å². The van der Waals surface area contributed by atoms with Gasteiger partial charge in [-0.25, -0.2) is 0 Å². The third-order valence-corrected chi connectivity index (χ3v) is 4.01. The topological polar surface area (TPSA) is 35.5 Å². The first kappa shape index (κ1) is 15.4. The lowest BCUT2D eigenvalue weighted by molar-refractivity contribution is 0.102. The van der Waals surface area contributed by atoms with Gasteiger partial charge in [-0.05, 0) is 72.6 Å². The van der Waals surface area contributed by atoms with Crippen molar-refractivity contribution < 1.29 is 14.3 Å². The summed E-state index contributed by atoms with van der Waals surface area (Å²) in [5, 5.41) is 0. The van der Waals surface area contributed by atoms with E-state index < -0.39 is 0 Å². The van der Waals surface area contributed by atoms with Crippen molar-refractivity contribution in [1.29, 1.82) is 0 Å². The van der Waals surface area contributed by atoms with Crippen LogP contribution in [-0.4, -0.2) is 18.4 Å². The number of ketones is 1. The van der Waals surface area contributed by atoms with Crippen molar-refractivity contribution in [3.8, 4) is 11.5 Å². The van der Waals surface area contributed by atoms with Crippen molar-refractivity contribution >= 4 is 29.6 Å². The minimum Gasteiger partial charge on any atom is -0.497 e. The van der Waals surface area contributed by atoms with E-state index in [1.165, 1.54) is 5.55 Å². The number of hydrogen-bond donors (Lipinski definition) is 0. The van der Waals surface area contributed by atoms with Gasteiger partial charge >= 0.3 is 0 Å². The molecule has 0 saturated carbocycles. The fraction of sp³-hybridized carbons (Fsp3) is 0.158. The minimum absolute atomic E-state index is 0.0909. The van der Waals surface area contributed by atoms with Crippen LogP contribution in [-0.2, 0) is 6.42 Å². The molecule has 23 heavy (non-hydrogen) atoms. The van der Waals surface area contributed by atoms with E-state index in [0.717, 1.165) is 40.9 Å². The molecule has 0 N–H and O–H groups in total. The molecule has 0 saturated heterocycles. The van der Waals surface area contributed by atoms with Crippen LogP contribution < -0.4 is 9.47 Å². The monoisotopic (exact) mass is 324 g/mol. The molecule has 0 aromatic heterocycles. The van der Waals surface area contributed by atoms with Gasteiger partial charge in [-0.1, -0.05) is 12.1 Å². The van der Waals surface area contributed by atoms with E-state index in [-0.39, 0.29) is 5.78 Å². The molecule has 0 radical (unpaired) electrons. The molecular formula is C19H16O3S. The Bertz CT molecular complexity index is 776. The number of Topliss-reactive ketones (excluding diaryl/α,β-unsaturated/α-hetero) is 1. The molecule has 3 nitrogen and oxygen atoms in total. The van der Waals surface area contributed by atoms with Gasteiger partial charge in [0.25, 0.3) is 0 Å². The highest BCUT2D eigenvalue weighted by molar-refractivity contribution is 7.78. The van der Waals surface area contributed by atoms with Gasteiger partial charge in [0.1, 0.15) is 11.5 Å². The summed E-state index contributed by atoms with van der Waals surface area (Å²) in [4.78, 5) is 12.6. The number of fused-ring (bicyclic) bond motifs is 1. The largest absolute Gasteiger partial charge is 0.497 e. The molecule has 1 aliphatic rings. The van der Waals surface area contributed by atoms with E-state index in [9.17, 15) is 4.79 Å². The normalized spacial score (nSPS) is 15.2. The zero-order valence-electron chi connectivity index (χ0n) is 12.7. The van der Waals surface area contributed by atoms with Gasteiger partial charge in [0, 0.05) is 11.1 Å². The van der Waals surface area contributed by atoms with Crippen LogP contribution in [0.4, 0.5) is 0 Å². The van der Waals surface area contributed by atoms with E-state index in [4.69, 9.17) is 9.47 Å². The fourth-order valence-corrected chi connectivity index (χ4v) is 2.83. The molecule has 4 heteroatoms. The molecule has 0 amide bonds. The molecule has 0 bridgehead atoms. The maximum absolute atomic E-state index is 12.6. The molecule has 116 valence electrons. The zero-order chi connectivity index (χ0) is 16.2. The molecule has 2 aromatic rings. The standard InChI is InChI=1S/C19H16O3S/c1-21-17-8-9-18-14(11-17)4-5-15(19(18)20)10-13-2-6-16(7-3-13)22-12-23/h2-3,6-12H,4-5H2,1H3. The molecule has 0 fully saturated rings. The van der Waals surface area contributed by atoms with Crippen molar-refractivity contribution in [3.63, 3.8) is 0 Å². The Balaban J connectivity index is 1.86. The third kappa shape index (κ3) is 3.32. The van der Waals surface area contributed by atoms with Gasteiger partial charge in [-0.3, -0.25) is 4.79 Å². The Kier molecular flexibility index (Phi) is 4.53. The van der Waals surface area contributed by atoms with E-state index in [1.54, 1.807) is 7.11 Å². The van der Waals surface area contributed by atoms with Crippen molar-refractivity contribution in [2.24, 2.45) is 0 Å². The lowest BCUT2D eigenvalue weighted by Gasteiger charge is -2.18. The van der Waals surface area contributed by atoms with E-state index in [2.05, 4.69) is 12.2 Å². The number of ether oxygens (including phenoxy) is 2. The first-order valence-corrected chi connectivity index (χ1v) is 7.81. The Morgan fingerprint density at radius 3 is 2.48 bits per heavy atom. The number of aryl methyl sites for hydroxylation is 1. The van der Waals surface area contributed by atoms with Gasteiger partial charge in [-0.2, -0.15) is 0 Å². The molecular weight excluding hydrogens is 308 g/mol. The average molecular weight is 324 g/mol. The quantitative estimate of drug-likeness (QED) is 0.622. The van der Waals surface area contributed by atoms with Gasteiger partial charge in [0.05, 0.1) is 7.11 Å². The number of carbonyl (C=O) groups is 1. The predicted molar refractivity (Wildman–Crippen MR) is 94.3 cm³/mol. The Hall–Kier alpha value is -2.46. The summed E-state index contributed by atoms with van der Waals surface area (Å²) in [6.45, 7) is 0. The predicted octanol–water partition coefficient (Wildman–Crippen LogP) is 4.24. The first-order chi connectivity index (χ1) is 11.2. The molecule has 2 aromatic carbocycles. The Morgan fingerprint density at radius 1 is 1.04 bits per heavy atom. The molecule has 0 aliphatic heterocycles. The van der Waals surface area contributed by atoms with Gasteiger partial charge in [0.15, 0.2) is 11.3 Å². The van der Waals surface area contributed by atoms with Crippen molar-refractivity contribution in [3.05, 3.63) is 64.7 Å². The maximum Gasteiger partial charge on any atom is 0.189 e. The number of thiocarbonyl (C=S) groups is 1. The highest BCUT2D eigenvalue weighted by Crippen LogP contribution is 2.29. The summed E-state index contributed by atoms with van der Waals surface area (Å²) >= 11 is 4.66. The third-order valence-electron chi connectivity index (χ3n) is 3.92. The smallest absolute Gasteiger partial charge is 0.189 e. The number of rotatable bonds is 4. The summed E-state index contributed by atoms with van der Waals surface area (Å²) in [6.07, 6.45) is 3.52. The summed E-state index contributed by atoms with van der Waals surface area (Å²) in [5.41, 5.74) is 4.84. The van der Waals surface area contributed by atoms with Gasteiger partial charge in [-0.15, -0.1) is 0 Å². The molecule has 0 spiro atoms. The van der Waals surface area contributed by atoms with Crippen molar-refractivity contribution in [1.82, 2.24) is 0 Å². The average Bonchev–Trinajstić information content (AvgIpc) is 2.59. The number of carbonyl (C=O) groups excluding carboxylic acids is 1. The lowest BCUT2D eigenvalue weighted by Crippen LogP contribution is -2.14. The first-order valence-electron chi connectivity index (χ1n) is 7.34. The van der Waals surface area contributed by atoms with Crippen LogP contribution in [0.25, 0.3) is 6.08 Å². The Labute approximate surface area is 140 Å². The Morgan fingerprint density at radius 2 is 1.78 bits per heavy atom. The minimum atomic E-state index is 0.0909. The van der Waals surface area contributed by atoms with Crippen molar-refractivity contribution in [2.75, 3.05) is 7.11 Å². The summed E-state index contributed by atoms with van der Waals surface area (Å²) in [6, 6.07) is 13.1. The highest BCUT2D eigenvalue weighted by Gasteiger charge is 2.22. The number of benzene rings is 2. The molecule has 3 rings (SSSR count). The molecule has 0 atom stereocenters. The second-order valence-electron chi connectivity index (χ2n) is 5.30. The second kappa shape index (κ2) is 6.75. The van der Waals surface area contributed by atoms with Gasteiger partial charge < -0.3 is 9.47 Å². The second-order valence-corrected chi connectivity index (χ2v) is 5.50. The van der Waals surface area contributed by atoms with E-state index in [1.807, 2.05) is 48.5 Å².